The molecule has 0 aliphatic carbocycles. The Morgan fingerprint density at radius 1 is 1.50 bits per heavy atom. The van der Waals surface area contributed by atoms with E-state index in [9.17, 15) is 4.79 Å². The molecule has 0 aromatic heterocycles. The summed E-state index contributed by atoms with van der Waals surface area (Å²) >= 11 is 0. The maximum absolute atomic E-state index is 11.8. The molecule has 0 aliphatic heterocycles. The molecule has 0 saturated heterocycles. The SMILES string of the molecule is C=CCNC(=O)C(C)Oc1ccccc1CC(N)CC. The smallest absolute Gasteiger partial charge is 0.261 e. The second-order valence-electron chi connectivity index (χ2n) is 4.77. The first-order valence-corrected chi connectivity index (χ1v) is 6.97. The van der Waals surface area contributed by atoms with Crippen LogP contribution in [0.1, 0.15) is 25.8 Å². The topological polar surface area (TPSA) is 64.3 Å². The van der Waals surface area contributed by atoms with E-state index in [-0.39, 0.29) is 11.9 Å². The van der Waals surface area contributed by atoms with Crippen molar-refractivity contribution in [2.75, 3.05) is 6.54 Å². The van der Waals surface area contributed by atoms with Crippen molar-refractivity contribution in [3.8, 4) is 5.75 Å². The van der Waals surface area contributed by atoms with Gasteiger partial charge in [-0.05, 0) is 31.4 Å². The fourth-order valence-electron chi connectivity index (χ4n) is 1.77. The van der Waals surface area contributed by atoms with Gasteiger partial charge in [-0.2, -0.15) is 0 Å². The minimum atomic E-state index is -0.547. The van der Waals surface area contributed by atoms with Crippen LogP contribution < -0.4 is 15.8 Å². The molecule has 0 saturated carbocycles. The van der Waals surface area contributed by atoms with Crippen LogP contribution in [0.4, 0.5) is 0 Å². The zero-order valence-electron chi connectivity index (χ0n) is 12.3. The molecule has 2 atom stereocenters. The summed E-state index contributed by atoms with van der Waals surface area (Å²) in [5, 5.41) is 2.72. The Hall–Kier alpha value is -1.81. The number of hydrogen-bond donors (Lipinski definition) is 2. The normalized spacial score (nSPS) is 13.3. The molecule has 1 aromatic carbocycles. The van der Waals surface area contributed by atoms with Gasteiger partial charge in [0.15, 0.2) is 6.10 Å². The predicted octanol–water partition coefficient (Wildman–Crippen LogP) is 2.04. The zero-order valence-corrected chi connectivity index (χ0v) is 12.3. The van der Waals surface area contributed by atoms with Crippen molar-refractivity contribution >= 4 is 5.91 Å². The summed E-state index contributed by atoms with van der Waals surface area (Å²) < 4.78 is 5.75. The van der Waals surface area contributed by atoms with E-state index in [0.717, 1.165) is 24.2 Å². The molecule has 0 aliphatic rings. The minimum absolute atomic E-state index is 0.102. The molecule has 0 spiro atoms. The monoisotopic (exact) mass is 276 g/mol. The van der Waals surface area contributed by atoms with Gasteiger partial charge in [-0.15, -0.1) is 6.58 Å². The van der Waals surface area contributed by atoms with Gasteiger partial charge in [-0.25, -0.2) is 0 Å². The van der Waals surface area contributed by atoms with Crippen molar-refractivity contribution in [1.82, 2.24) is 5.32 Å². The molecule has 2 unspecified atom stereocenters. The average Bonchev–Trinajstić information content (AvgIpc) is 2.46. The van der Waals surface area contributed by atoms with E-state index in [4.69, 9.17) is 10.5 Å². The molecule has 3 N–H and O–H groups in total. The van der Waals surface area contributed by atoms with E-state index in [1.54, 1.807) is 13.0 Å². The van der Waals surface area contributed by atoms with Crippen LogP contribution in [0.15, 0.2) is 36.9 Å². The van der Waals surface area contributed by atoms with Gasteiger partial charge < -0.3 is 15.8 Å². The first-order chi connectivity index (χ1) is 9.58. The molecule has 0 fully saturated rings. The van der Waals surface area contributed by atoms with Gasteiger partial charge in [-0.1, -0.05) is 31.2 Å². The average molecular weight is 276 g/mol. The van der Waals surface area contributed by atoms with Crippen LogP contribution in [-0.2, 0) is 11.2 Å². The summed E-state index contributed by atoms with van der Waals surface area (Å²) in [7, 11) is 0. The number of nitrogens with one attached hydrogen (secondary N) is 1. The van der Waals surface area contributed by atoms with E-state index in [1.807, 2.05) is 24.3 Å². The van der Waals surface area contributed by atoms with Crippen LogP contribution in [0.3, 0.4) is 0 Å². The molecule has 4 nitrogen and oxygen atoms in total. The summed E-state index contributed by atoms with van der Waals surface area (Å²) in [6.45, 7) is 7.79. The number of ether oxygens (including phenoxy) is 1. The Morgan fingerprint density at radius 3 is 2.85 bits per heavy atom. The number of rotatable bonds is 8. The maximum atomic E-state index is 11.8. The van der Waals surface area contributed by atoms with E-state index < -0.39 is 6.10 Å². The lowest BCUT2D eigenvalue weighted by Crippen LogP contribution is -2.36. The molecular formula is C16H24N2O2. The van der Waals surface area contributed by atoms with Crippen molar-refractivity contribution in [2.24, 2.45) is 5.73 Å². The standard InChI is InChI=1S/C16H24N2O2/c1-4-10-18-16(19)12(3)20-15-9-7-6-8-13(15)11-14(17)5-2/h4,6-9,12,14H,1,5,10-11,17H2,2-3H3,(H,18,19). The molecule has 1 rings (SSSR count). The summed E-state index contributed by atoms with van der Waals surface area (Å²) in [5.41, 5.74) is 7.02. The number of amides is 1. The first kappa shape index (κ1) is 16.2. The predicted molar refractivity (Wildman–Crippen MR) is 81.7 cm³/mol. The van der Waals surface area contributed by atoms with E-state index in [2.05, 4.69) is 18.8 Å². The number of benzene rings is 1. The van der Waals surface area contributed by atoms with E-state index >= 15 is 0 Å². The highest BCUT2D eigenvalue weighted by Gasteiger charge is 2.16. The zero-order chi connectivity index (χ0) is 15.0. The highest BCUT2D eigenvalue weighted by atomic mass is 16.5. The van der Waals surface area contributed by atoms with Crippen LogP contribution in [0.5, 0.6) is 5.75 Å². The number of para-hydroxylation sites is 1. The van der Waals surface area contributed by atoms with Crippen LogP contribution in [0, 0.1) is 0 Å². The molecule has 110 valence electrons. The Morgan fingerprint density at radius 2 is 2.20 bits per heavy atom. The molecule has 20 heavy (non-hydrogen) atoms. The third-order valence-electron chi connectivity index (χ3n) is 3.07. The first-order valence-electron chi connectivity index (χ1n) is 6.97. The lowest BCUT2D eigenvalue weighted by atomic mass is 10.0. The van der Waals surface area contributed by atoms with Crippen molar-refractivity contribution in [3.05, 3.63) is 42.5 Å². The quantitative estimate of drug-likeness (QED) is 0.714. The van der Waals surface area contributed by atoms with Crippen molar-refractivity contribution in [3.63, 3.8) is 0 Å². The van der Waals surface area contributed by atoms with Gasteiger partial charge >= 0.3 is 0 Å². The summed E-state index contributed by atoms with van der Waals surface area (Å²) in [4.78, 5) is 11.8. The summed E-state index contributed by atoms with van der Waals surface area (Å²) in [6, 6.07) is 7.80. The van der Waals surface area contributed by atoms with E-state index in [0.29, 0.717) is 6.54 Å². The molecule has 0 heterocycles. The Bertz CT molecular complexity index is 446. The molecular weight excluding hydrogens is 252 g/mol. The number of hydrogen-bond acceptors (Lipinski definition) is 3. The van der Waals surface area contributed by atoms with Gasteiger partial charge in [0, 0.05) is 12.6 Å². The Kier molecular flexibility index (Phi) is 6.81. The van der Waals surface area contributed by atoms with Gasteiger partial charge in [0.1, 0.15) is 5.75 Å². The summed E-state index contributed by atoms with van der Waals surface area (Å²) in [6.07, 6.45) is 2.74. The summed E-state index contributed by atoms with van der Waals surface area (Å²) in [5.74, 6) is 0.567. The van der Waals surface area contributed by atoms with Crippen LogP contribution in [0.2, 0.25) is 0 Å². The number of nitrogens with two attached hydrogens (primary N) is 1. The van der Waals surface area contributed by atoms with Crippen LogP contribution in [0.25, 0.3) is 0 Å². The largest absolute Gasteiger partial charge is 0.481 e. The van der Waals surface area contributed by atoms with E-state index in [1.165, 1.54) is 0 Å². The highest BCUT2D eigenvalue weighted by Crippen LogP contribution is 2.21. The fraction of sp³-hybridized carbons (Fsp3) is 0.438. The second kappa shape index (κ2) is 8.38. The van der Waals surface area contributed by atoms with Gasteiger partial charge in [0.05, 0.1) is 0 Å². The second-order valence-corrected chi connectivity index (χ2v) is 4.77. The fourth-order valence-corrected chi connectivity index (χ4v) is 1.77. The van der Waals surface area contributed by atoms with Gasteiger partial charge in [-0.3, -0.25) is 4.79 Å². The van der Waals surface area contributed by atoms with Crippen LogP contribution >= 0.6 is 0 Å². The number of carbonyl (C=O) groups excluding carboxylic acids is 1. The lowest BCUT2D eigenvalue weighted by molar-refractivity contribution is -0.127. The Labute approximate surface area is 121 Å². The minimum Gasteiger partial charge on any atom is -0.481 e. The van der Waals surface area contributed by atoms with Crippen LogP contribution in [-0.4, -0.2) is 24.6 Å². The molecule has 0 bridgehead atoms. The highest BCUT2D eigenvalue weighted by molar-refractivity contribution is 5.80. The number of carbonyl (C=O) groups is 1. The molecule has 0 radical (unpaired) electrons. The molecule has 4 heteroatoms. The maximum Gasteiger partial charge on any atom is 0.261 e. The third kappa shape index (κ3) is 5.05. The van der Waals surface area contributed by atoms with Gasteiger partial charge in [0.2, 0.25) is 0 Å². The molecule has 1 aromatic rings. The third-order valence-corrected chi connectivity index (χ3v) is 3.07. The van der Waals surface area contributed by atoms with Crippen molar-refractivity contribution in [1.29, 1.82) is 0 Å². The Balaban J connectivity index is 2.71. The lowest BCUT2D eigenvalue weighted by Gasteiger charge is -2.18. The van der Waals surface area contributed by atoms with Crippen molar-refractivity contribution in [2.45, 2.75) is 38.8 Å². The van der Waals surface area contributed by atoms with Crippen molar-refractivity contribution < 1.29 is 9.53 Å². The van der Waals surface area contributed by atoms with Gasteiger partial charge in [0.25, 0.3) is 5.91 Å². The molecule has 1 amide bonds.